The monoisotopic (exact) mass is 312 g/mol. The second kappa shape index (κ2) is 7.08. The van der Waals surface area contributed by atoms with Gasteiger partial charge in [0, 0.05) is 5.56 Å². The molecule has 0 spiro atoms. The van der Waals surface area contributed by atoms with E-state index in [1.807, 2.05) is 18.2 Å². The van der Waals surface area contributed by atoms with Gasteiger partial charge in [-0.1, -0.05) is 44.0 Å². The van der Waals surface area contributed by atoms with E-state index in [9.17, 15) is 8.78 Å². The Bertz CT molecular complexity index is 729. The maximum Gasteiger partial charge on any atom is 0.130 e. The predicted octanol–water partition coefficient (Wildman–Crippen LogP) is 5.88. The summed E-state index contributed by atoms with van der Waals surface area (Å²) in [5, 5.41) is 0. The van der Waals surface area contributed by atoms with Crippen LogP contribution in [0.4, 0.5) is 8.78 Å². The molecule has 0 amide bonds. The summed E-state index contributed by atoms with van der Waals surface area (Å²) in [5.74, 6) is -0.387. The molecule has 0 aliphatic heterocycles. The summed E-state index contributed by atoms with van der Waals surface area (Å²) in [6, 6.07) is 10.4. The molecule has 2 aromatic carbocycles. The number of unbranched alkanes of at least 4 members (excludes halogenated alkanes) is 2. The van der Waals surface area contributed by atoms with Crippen LogP contribution in [0.2, 0.25) is 0 Å². The van der Waals surface area contributed by atoms with Crippen LogP contribution in [-0.2, 0) is 19.3 Å². The fourth-order valence-corrected chi connectivity index (χ4v) is 3.23. The first-order valence-corrected chi connectivity index (χ1v) is 8.42. The predicted molar refractivity (Wildman–Crippen MR) is 91.4 cm³/mol. The third-order valence-corrected chi connectivity index (χ3v) is 4.57. The van der Waals surface area contributed by atoms with Crippen LogP contribution in [0, 0.1) is 11.6 Å². The quantitative estimate of drug-likeness (QED) is 0.605. The maximum absolute atomic E-state index is 14.5. The van der Waals surface area contributed by atoms with Gasteiger partial charge in [0.2, 0.25) is 0 Å². The summed E-state index contributed by atoms with van der Waals surface area (Å²) in [5.41, 5.74) is 4.77. The second-order valence-electron chi connectivity index (χ2n) is 6.29. The zero-order chi connectivity index (χ0) is 16.2. The van der Waals surface area contributed by atoms with Gasteiger partial charge >= 0.3 is 0 Å². The first kappa shape index (κ1) is 15.9. The molecule has 0 bridgehead atoms. The van der Waals surface area contributed by atoms with Crippen LogP contribution in [0.1, 0.15) is 48.4 Å². The highest BCUT2D eigenvalue weighted by atomic mass is 19.1. The van der Waals surface area contributed by atoms with E-state index in [0.29, 0.717) is 12.0 Å². The summed E-state index contributed by atoms with van der Waals surface area (Å²) in [6.07, 6.45) is 7.78. The van der Waals surface area contributed by atoms with Crippen LogP contribution < -0.4 is 0 Å². The van der Waals surface area contributed by atoms with E-state index >= 15 is 0 Å². The first-order valence-electron chi connectivity index (χ1n) is 8.42. The van der Waals surface area contributed by atoms with E-state index in [4.69, 9.17) is 0 Å². The van der Waals surface area contributed by atoms with E-state index in [1.54, 1.807) is 12.1 Å². The van der Waals surface area contributed by atoms with Gasteiger partial charge in [0.25, 0.3) is 0 Å². The molecule has 0 nitrogen and oxygen atoms in total. The lowest BCUT2D eigenvalue weighted by atomic mass is 9.87. The van der Waals surface area contributed by atoms with Gasteiger partial charge in [0.15, 0.2) is 0 Å². The van der Waals surface area contributed by atoms with Crippen molar-refractivity contribution in [2.24, 2.45) is 0 Å². The molecular weight excluding hydrogens is 290 g/mol. The minimum atomic E-state index is -0.225. The molecule has 0 radical (unpaired) electrons. The number of hydrogen-bond acceptors (Lipinski definition) is 0. The molecular formula is C21H22F2. The van der Waals surface area contributed by atoms with E-state index in [2.05, 4.69) is 13.0 Å². The Labute approximate surface area is 136 Å². The van der Waals surface area contributed by atoms with Crippen molar-refractivity contribution in [1.82, 2.24) is 0 Å². The van der Waals surface area contributed by atoms with Crippen molar-refractivity contribution in [3.8, 4) is 0 Å². The Hall–Kier alpha value is -1.96. The fourth-order valence-electron chi connectivity index (χ4n) is 3.23. The average molecular weight is 312 g/mol. The van der Waals surface area contributed by atoms with E-state index in [0.717, 1.165) is 41.5 Å². The van der Waals surface area contributed by atoms with Crippen LogP contribution in [-0.4, -0.2) is 0 Å². The van der Waals surface area contributed by atoms with E-state index < -0.39 is 0 Å². The SMILES string of the molecule is CCCCCc1ccc(C2=CCc3ccc(F)cc3C2)c(F)c1. The highest BCUT2D eigenvalue weighted by molar-refractivity contribution is 5.71. The summed E-state index contributed by atoms with van der Waals surface area (Å²) in [7, 11) is 0. The van der Waals surface area contributed by atoms with Crippen LogP contribution in [0.3, 0.4) is 0 Å². The van der Waals surface area contributed by atoms with Crippen LogP contribution in [0.25, 0.3) is 5.57 Å². The topological polar surface area (TPSA) is 0 Å². The van der Waals surface area contributed by atoms with Crippen molar-refractivity contribution in [3.05, 3.63) is 76.4 Å². The van der Waals surface area contributed by atoms with E-state index in [-0.39, 0.29) is 11.6 Å². The van der Waals surface area contributed by atoms with Crippen LogP contribution >= 0.6 is 0 Å². The molecule has 0 unspecified atom stereocenters. The Morgan fingerprint density at radius 1 is 0.957 bits per heavy atom. The number of aryl methyl sites for hydroxylation is 1. The van der Waals surface area contributed by atoms with Gasteiger partial charge in [-0.25, -0.2) is 8.78 Å². The molecule has 0 saturated carbocycles. The van der Waals surface area contributed by atoms with Crippen molar-refractivity contribution < 1.29 is 8.78 Å². The number of fused-ring (bicyclic) bond motifs is 1. The van der Waals surface area contributed by atoms with Crippen molar-refractivity contribution >= 4 is 5.57 Å². The normalized spacial score (nSPS) is 13.6. The Morgan fingerprint density at radius 3 is 2.61 bits per heavy atom. The third kappa shape index (κ3) is 3.69. The standard InChI is InChI=1S/C21H22F2/c1-2-3-4-5-15-6-11-20(21(23)12-15)17-8-7-16-9-10-19(22)14-18(16)13-17/h6,8-12,14H,2-5,7,13H2,1H3. The molecule has 120 valence electrons. The highest BCUT2D eigenvalue weighted by Crippen LogP contribution is 2.30. The largest absolute Gasteiger partial charge is 0.207 e. The van der Waals surface area contributed by atoms with Gasteiger partial charge in [-0.15, -0.1) is 0 Å². The Balaban J connectivity index is 1.78. The molecule has 0 aromatic heterocycles. The first-order chi connectivity index (χ1) is 11.2. The van der Waals surface area contributed by atoms with Crippen molar-refractivity contribution in [1.29, 1.82) is 0 Å². The summed E-state index contributed by atoms with van der Waals surface area (Å²) in [6.45, 7) is 2.17. The second-order valence-corrected chi connectivity index (χ2v) is 6.29. The molecule has 0 atom stereocenters. The molecule has 0 heterocycles. The Kier molecular flexibility index (Phi) is 4.90. The number of benzene rings is 2. The lowest BCUT2D eigenvalue weighted by Gasteiger charge is -2.18. The lowest BCUT2D eigenvalue weighted by Crippen LogP contribution is -2.05. The maximum atomic E-state index is 14.5. The summed E-state index contributed by atoms with van der Waals surface area (Å²) >= 11 is 0. The molecule has 1 aliphatic carbocycles. The molecule has 0 saturated heterocycles. The number of halogens is 2. The number of rotatable bonds is 5. The van der Waals surface area contributed by atoms with Gasteiger partial charge in [0.1, 0.15) is 11.6 Å². The molecule has 2 aromatic rings. The van der Waals surface area contributed by atoms with Crippen molar-refractivity contribution in [3.63, 3.8) is 0 Å². The van der Waals surface area contributed by atoms with Gasteiger partial charge in [-0.05, 0) is 66.1 Å². The zero-order valence-corrected chi connectivity index (χ0v) is 13.5. The Morgan fingerprint density at radius 2 is 1.83 bits per heavy atom. The lowest BCUT2D eigenvalue weighted by molar-refractivity contribution is 0.618. The molecule has 0 N–H and O–H groups in total. The van der Waals surface area contributed by atoms with Gasteiger partial charge in [-0.2, -0.15) is 0 Å². The minimum absolute atomic E-state index is 0.162. The average Bonchev–Trinajstić information content (AvgIpc) is 2.54. The van der Waals surface area contributed by atoms with Gasteiger partial charge in [0.05, 0.1) is 0 Å². The molecule has 2 heteroatoms. The van der Waals surface area contributed by atoms with Gasteiger partial charge in [-0.3, -0.25) is 0 Å². The summed E-state index contributed by atoms with van der Waals surface area (Å²) in [4.78, 5) is 0. The molecule has 1 aliphatic rings. The van der Waals surface area contributed by atoms with Crippen LogP contribution in [0.15, 0.2) is 42.5 Å². The number of allylic oxidation sites excluding steroid dienone is 2. The fraction of sp³-hybridized carbons (Fsp3) is 0.333. The number of hydrogen-bond donors (Lipinski definition) is 0. The smallest absolute Gasteiger partial charge is 0.130 e. The minimum Gasteiger partial charge on any atom is -0.207 e. The van der Waals surface area contributed by atoms with Crippen LogP contribution in [0.5, 0.6) is 0 Å². The van der Waals surface area contributed by atoms with Crippen molar-refractivity contribution in [2.45, 2.75) is 45.4 Å². The summed E-state index contributed by atoms with van der Waals surface area (Å²) < 4.78 is 27.9. The molecule has 3 rings (SSSR count). The molecule has 0 fully saturated rings. The molecule has 23 heavy (non-hydrogen) atoms. The highest BCUT2D eigenvalue weighted by Gasteiger charge is 2.16. The zero-order valence-electron chi connectivity index (χ0n) is 13.5. The van der Waals surface area contributed by atoms with Crippen molar-refractivity contribution in [2.75, 3.05) is 0 Å². The van der Waals surface area contributed by atoms with E-state index in [1.165, 1.54) is 18.9 Å². The van der Waals surface area contributed by atoms with Gasteiger partial charge < -0.3 is 0 Å². The third-order valence-electron chi connectivity index (χ3n) is 4.57.